The molecular weight excluding hydrogens is 530 g/mol. The monoisotopic (exact) mass is 542 g/mol. The lowest BCUT2D eigenvalue weighted by Crippen LogP contribution is -2.25. The summed E-state index contributed by atoms with van der Waals surface area (Å²) in [7, 11) is 0. The van der Waals surface area contributed by atoms with E-state index in [1.165, 1.54) is 18.1 Å². The highest BCUT2D eigenvalue weighted by Gasteiger charge is 2.41. The standard InChI is InChI=1S/C27H12F10O/c1-13-2-4-17(20(28)8-13)15-11-22(30)24(23(31)12-15)27(36,37)38-16-3-5-18-14(9-16)10-21(29)19(25(18)32)6-7-26(33,34)35/h2-5,8-12H,1H3. The van der Waals surface area contributed by atoms with Gasteiger partial charge in [0.2, 0.25) is 0 Å². The first-order chi connectivity index (χ1) is 17.7. The highest BCUT2D eigenvalue weighted by molar-refractivity contribution is 5.86. The molecule has 0 N–H and O–H groups in total. The molecule has 0 fully saturated rings. The van der Waals surface area contributed by atoms with Gasteiger partial charge in [-0.3, -0.25) is 0 Å². The zero-order valence-electron chi connectivity index (χ0n) is 18.9. The predicted molar refractivity (Wildman–Crippen MR) is 118 cm³/mol. The Kier molecular flexibility index (Phi) is 6.78. The number of benzene rings is 4. The maximum Gasteiger partial charge on any atom is 0.458 e. The van der Waals surface area contributed by atoms with Crippen LogP contribution in [-0.2, 0) is 6.11 Å². The van der Waals surface area contributed by atoms with Gasteiger partial charge in [0.25, 0.3) is 0 Å². The summed E-state index contributed by atoms with van der Waals surface area (Å²) in [6.07, 6.45) is -9.66. The number of alkyl halides is 5. The fourth-order valence-corrected chi connectivity index (χ4v) is 3.68. The van der Waals surface area contributed by atoms with E-state index in [9.17, 15) is 43.9 Å². The molecule has 0 heterocycles. The largest absolute Gasteiger partial charge is 0.458 e. The van der Waals surface area contributed by atoms with Crippen molar-refractivity contribution in [3.8, 4) is 28.7 Å². The highest BCUT2D eigenvalue weighted by Crippen LogP contribution is 2.38. The Morgan fingerprint density at radius 3 is 1.97 bits per heavy atom. The van der Waals surface area contributed by atoms with Crippen LogP contribution in [0.25, 0.3) is 21.9 Å². The van der Waals surface area contributed by atoms with Crippen LogP contribution in [0.3, 0.4) is 0 Å². The van der Waals surface area contributed by atoms with Gasteiger partial charge in [0.15, 0.2) is 0 Å². The summed E-state index contributed by atoms with van der Waals surface area (Å²) in [5, 5.41) is -0.882. The van der Waals surface area contributed by atoms with Crippen molar-refractivity contribution in [2.24, 2.45) is 0 Å². The number of rotatable bonds is 4. The lowest BCUT2D eigenvalue weighted by Gasteiger charge is -2.20. The predicted octanol–water partition coefficient (Wildman–Crippen LogP) is 8.55. The first-order valence-electron chi connectivity index (χ1n) is 10.5. The summed E-state index contributed by atoms with van der Waals surface area (Å²) < 4.78 is 143. The molecule has 0 amide bonds. The second-order valence-electron chi connectivity index (χ2n) is 8.10. The molecule has 11 heteroatoms. The topological polar surface area (TPSA) is 9.23 Å². The van der Waals surface area contributed by atoms with Gasteiger partial charge in [0.1, 0.15) is 40.4 Å². The third kappa shape index (κ3) is 5.39. The molecule has 1 nitrogen and oxygen atoms in total. The van der Waals surface area contributed by atoms with Crippen molar-refractivity contribution in [2.45, 2.75) is 19.2 Å². The van der Waals surface area contributed by atoms with Crippen molar-refractivity contribution in [3.63, 3.8) is 0 Å². The zero-order chi connectivity index (χ0) is 28.0. The van der Waals surface area contributed by atoms with E-state index < -0.39 is 69.0 Å². The van der Waals surface area contributed by atoms with Gasteiger partial charge in [0, 0.05) is 16.9 Å². The summed E-state index contributed by atoms with van der Waals surface area (Å²) in [6, 6.07) is 7.54. The van der Waals surface area contributed by atoms with E-state index in [2.05, 4.69) is 4.74 Å². The van der Waals surface area contributed by atoms with E-state index >= 15 is 0 Å². The van der Waals surface area contributed by atoms with Crippen LogP contribution in [0.5, 0.6) is 5.75 Å². The van der Waals surface area contributed by atoms with Gasteiger partial charge in [-0.25, -0.2) is 22.0 Å². The van der Waals surface area contributed by atoms with E-state index in [1.54, 1.807) is 6.92 Å². The minimum absolute atomic E-state index is 0.234. The van der Waals surface area contributed by atoms with Gasteiger partial charge in [-0.2, -0.15) is 22.0 Å². The van der Waals surface area contributed by atoms with Crippen LogP contribution in [0, 0.1) is 47.9 Å². The van der Waals surface area contributed by atoms with Gasteiger partial charge in [-0.1, -0.05) is 18.1 Å². The van der Waals surface area contributed by atoms with Crippen LogP contribution in [-0.4, -0.2) is 6.18 Å². The SMILES string of the molecule is Cc1ccc(-c2cc(F)c(C(F)(F)Oc3ccc4c(F)c(C#CC(F)(F)F)c(F)cc4c3)c(F)c2)c(F)c1. The first kappa shape index (κ1) is 26.9. The van der Waals surface area contributed by atoms with Crippen LogP contribution >= 0.6 is 0 Å². The fourth-order valence-electron chi connectivity index (χ4n) is 3.68. The summed E-state index contributed by atoms with van der Waals surface area (Å²) in [5.41, 5.74) is -3.06. The molecule has 4 aromatic carbocycles. The van der Waals surface area contributed by atoms with Crippen molar-refractivity contribution in [1.82, 2.24) is 0 Å². The van der Waals surface area contributed by atoms with E-state index in [4.69, 9.17) is 0 Å². The Hall–Kier alpha value is -4.20. The second kappa shape index (κ2) is 9.59. The highest BCUT2D eigenvalue weighted by atomic mass is 19.4. The quantitative estimate of drug-likeness (QED) is 0.186. The summed E-state index contributed by atoms with van der Waals surface area (Å²) >= 11 is 0. The number of aryl methyl sites for hydroxylation is 1. The van der Waals surface area contributed by atoms with Crippen LogP contribution < -0.4 is 4.74 Å². The van der Waals surface area contributed by atoms with E-state index in [0.717, 1.165) is 24.1 Å². The molecule has 0 saturated heterocycles. The maximum atomic E-state index is 14.8. The van der Waals surface area contributed by atoms with Crippen molar-refractivity contribution in [2.75, 3.05) is 0 Å². The molecule has 38 heavy (non-hydrogen) atoms. The lowest BCUT2D eigenvalue weighted by atomic mass is 10.0. The van der Waals surface area contributed by atoms with Gasteiger partial charge in [-0.15, -0.1) is 0 Å². The minimum atomic E-state index is -5.02. The minimum Gasteiger partial charge on any atom is -0.429 e. The third-order valence-electron chi connectivity index (χ3n) is 5.34. The molecule has 0 spiro atoms. The molecule has 0 aromatic heterocycles. The molecule has 0 aliphatic carbocycles. The van der Waals surface area contributed by atoms with Gasteiger partial charge < -0.3 is 4.74 Å². The molecule has 0 saturated carbocycles. The molecule has 0 radical (unpaired) electrons. The van der Waals surface area contributed by atoms with Crippen LogP contribution in [0.4, 0.5) is 43.9 Å². The Bertz CT molecular complexity index is 1600. The third-order valence-corrected chi connectivity index (χ3v) is 5.34. The normalized spacial score (nSPS) is 11.9. The molecule has 0 aliphatic heterocycles. The van der Waals surface area contributed by atoms with Crippen molar-refractivity contribution in [3.05, 3.63) is 100 Å². The van der Waals surface area contributed by atoms with E-state index in [0.29, 0.717) is 29.8 Å². The molecule has 196 valence electrons. The van der Waals surface area contributed by atoms with Crippen molar-refractivity contribution in [1.29, 1.82) is 0 Å². The second-order valence-corrected chi connectivity index (χ2v) is 8.10. The molecule has 4 rings (SSSR count). The number of ether oxygens (including phenoxy) is 1. The average Bonchev–Trinajstić information content (AvgIpc) is 2.77. The average molecular weight is 542 g/mol. The van der Waals surface area contributed by atoms with Crippen LogP contribution in [0.1, 0.15) is 16.7 Å². The fraction of sp³-hybridized carbons (Fsp3) is 0.111. The zero-order valence-corrected chi connectivity index (χ0v) is 18.9. The van der Waals surface area contributed by atoms with Crippen LogP contribution in [0.15, 0.2) is 54.6 Å². The number of halogens is 10. The Morgan fingerprint density at radius 2 is 1.37 bits per heavy atom. The number of fused-ring (bicyclic) bond motifs is 1. The maximum absolute atomic E-state index is 14.8. The smallest absolute Gasteiger partial charge is 0.429 e. The number of hydrogen-bond acceptors (Lipinski definition) is 1. The van der Waals surface area contributed by atoms with Gasteiger partial charge >= 0.3 is 12.3 Å². The van der Waals surface area contributed by atoms with E-state index in [1.807, 2.05) is 0 Å². The van der Waals surface area contributed by atoms with Crippen molar-refractivity contribution < 1.29 is 48.6 Å². The number of hydrogen-bond donors (Lipinski definition) is 0. The van der Waals surface area contributed by atoms with Crippen molar-refractivity contribution >= 4 is 10.8 Å². The van der Waals surface area contributed by atoms with Gasteiger partial charge in [-0.05, 0) is 65.9 Å². The molecule has 0 unspecified atom stereocenters. The molecule has 0 bridgehead atoms. The molecular formula is C27H12F10O. The first-order valence-corrected chi connectivity index (χ1v) is 10.5. The molecule has 0 atom stereocenters. The summed E-state index contributed by atoms with van der Waals surface area (Å²) in [5.74, 6) is -6.03. The Morgan fingerprint density at radius 1 is 0.711 bits per heavy atom. The molecule has 4 aromatic rings. The van der Waals surface area contributed by atoms with Crippen LogP contribution in [0.2, 0.25) is 0 Å². The Balaban J connectivity index is 1.69. The van der Waals surface area contributed by atoms with E-state index in [-0.39, 0.29) is 11.1 Å². The summed E-state index contributed by atoms with van der Waals surface area (Å²) in [6.45, 7) is 1.57. The van der Waals surface area contributed by atoms with Gasteiger partial charge in [0.05, 0.1) is 5.56 Å². The summed E-state index contributed by atoms with van der Waals surface area (Å²) in [4.78, 5) is 0. The molecule has 0 aliphatic rings. The lowest BCUT2D eigenvalue weighted by molar-refractivity contribution is -0.189. The Labute approximate surface area is 208 Å².